The number of anilines is 1. The zero-order valence-electron chi connectivity index (χ0n) is 12.5. The second kappa shape index (κ2) is 5.82. The van der Waals surface area contributed by atoms with Crippen LogP contribution in [0.3, 0.4) is 0 Å². The average Bonchev–Trinajstić information content (AvgIpc) is 2.87. The van der Waals surface area contributed by atoms with Crippen LogP contribution in [0.2, 0.25) is 0 Å². The summed E-state index contributed by atoms with van der Waals surface area (Å²) < 4.78 is 7.61. The summed E-state index contributed by atoms with van der Waals surface area (Å²) in [5.41, 5.74) is 7.73. The van der Waals surface area contributed by atoms with Crippen LogP contribution in [0, 0.1) is 0 Å². The van der Waals surface area contributed by atoms with Crippen LogP contribution < -0.4 is 10.5 Å². The number of ether oxygens (including phenoxy) is 1. The number of likely N-dealkylation sites (tertiary alicyclic amines) is 1. The lowest BCUT2D eigenvalue weighted by Crippen LogP contribution is -2.26. The Hall–Kier alpha value is -1.23. The van der Waals surface area contributed by atoms with Crippen molar-refractivity contribution in [1.82, 2.24) is 14.7 Å². The van der Waals surface area contributed by atoms with Crippen LogP contribution in [0.15, 0.2) is 0 Å². The van der Waals surface area contributed by atoms with Gasteiger partial charge in [-0.25, -0.2) is 4.68 Å². The summed E-state index contributed by atoms with van der Waals surface area (Å²) in [6.07, 6.45) is 3.63. The van der Waals surface area contributed by atoms with E-state index in [1.54, 1.807) is 4.68 Å². The van der Waals surface area contributed by atoms with E-state index in [-0.39, 0.29) is 0 Å². The molecule has 19 heavy (non-hydrogen) atoms. The quantitative estimate of drug-likeness (QED) is 0.885. The van der Waals surface area contributed by atoms with Crippen molar-refractivity contribution >= 4 is 5.69 Å². The Morgan fingerprint density at radius 2 is 2.16 bits per heavy atom. The minimum Gasteiger partial charge on any atom is -0.476 e. The smallest absolute Gasteiger partial charge is 0.235 e. The summed E-state index contributed by atoms with van der Waals surface area (Å²) in [4.78, 5) is 2.41. The highest BCUT2D eigenvalue weighted by molar-refractivity contribution is 5.54. The molecule has 2 rings (SSSR count). The van der Waals surface area contributed by atoms with E-state index in [0.29, 0.717) is 30.1 Å². The Labute approximate surface area is 115 Å². The molecule has 1 aliphatic heterocycles. The molecule has 0 saturated carbocycles. The molecule has 0 bridgehead atoms. The first-order valence-corrected chi connectivity index (χ1v) is 7.16. The summed E-state index contributed by atoms with van der Waals surface area (Å²) in [5.74, 6) is 1.04. The highest BCUT2D eigenvalue weighted by Gasteiger charge is 2.21. The minimum atomic E-state index is 0.324. The molecule has 0 amide bonds. The predicted molar refractivity (Wildman–Crippen MR) is 77.5 cm³/mol. The van der Waals surface area contributed by atoms with Gasteiger partial charge in [0.25, 0.3) is 0 Å². The summed E-state index contributed by atoms with van der Waals surface area (Å²) in [7, 11) is 4.08. The van der Waals surface area contributed by atoms with E-state index < -0.39 is 0 Å². The van der Waals surface area contributed by atoms with Gasteiger partial charge in [-0.2, -0.15) is 5.10 Å². The highest BCUT2D eigenvalue weighted by atomic mass is 16.5. The van der Waals surface area contributed by atoms with E-state index in [1.165, 1.54) is 19.4 Å². The molecule has 0 aliphatic carbocycles. The minimum absolute atomic E-state index is 0.324. The molecule has 1 aliphatic rings. The molecule has 2 N–H and O–H groups in total. The predicted octanol–water partition coefficient (Wildman–Crippen LogP) is 1.99. The summed E-state index contributed by atoms with van der Waals surface area (Å²) in [6, 6.07) is 0.652. The Kier molecular flexibility index (Phi) is 4.34. The van der Waals surface area contributed by atoms with Gasteiger partial charge in [0.1, 0.15) is 5.69 Å². The first-order valence-electron chi connectivity index (χ1n) is 7.16. The Bertz CT molecular complexity index is 427. The lowest BCUT2D eigenvalue weighted by atomic mass is 10.1. The van der Waals surface area contributed by atoms with Gasteiger partial charge in [-0.1, -0.05) is 13.8 Å². The van der Waals surface area contributed by atoms with Gasteiger partial charge >= 0.3 is 0 Å². The number of rotatable bonds is 5. The summed E-state index contributed by atoms with van der Waals surface area (Å²) in [6.45, 7) is 6.10. The van der Waals surface area contributed by atoms with Crippen LogP contribution in [-0.2, 0) is 7.05 Å². The van der Waals surface area contributed by atoms with E-state index in [4.69, 9.17) is 10.5 Å². The standard InChI is InChI=1S/C14H26N4O/c1-10(2)13-12(15)14(18(4)16-13)19-9-7-11-6-5-8-17(11)3/h10-11H,5-9,15H2,1-4H3. The molecule has 1 aromatic heterocycles. The van der Waals surface area contributed by atoms with Crippen molar-refractivity contribution in [3.05, 3.63) is 5.69 Å². The molecule has 5 heteroatoms. The lowest BCUT2D eigenvalue weighted by Gasteiger charge is -2.19. The Morgan fingerprint density at radius 3 is 2.68 bits per heavy atom. The van der Waals surface area contributed by atoms with Crippen molar-refractivity contribution in [2.45, 2.75) is 45.1 Å². The van der Waals surface area contributed by atoms with Crippen LogP contribution in [0.1, 0.15) is 44.7 Å². The second-order valence-electron chi connectivity index (χ2n) is 5.80. The van der Waals surface area contributed by atoms with Crippen molar-refractivity contribution in [3.63, 3.8) is 0 Å². The SMILES string of the molecule is CC(C)c1nn(C)c(OCCC2CCCN2C)c1N. The van der Waals surface area contributed by atoms with Crippen molar-refractivity contribution in [2.24, 2.45) is 7.05 Å². The van der Waals surface area contributed by atoms with Gasteiger partial charge in [0.2, 0.25) is 5.88 Å². The largest absolute Gasteiger partial charge is 0.476 e. The van der Waals surface area contributed by atoms with Crippen molar-refractivity contribution in [2.75, 3.05) is 25.9 Å². The molecule has 5 nitrogen and oxygen atoms in total. The number of aromatic nitrogens is 2. The second-order valence-corrected chi connectivity index (χ2v) is 5.80. The number of hydrogen-bond acceptors (Lipinski definition) is 4. The van der Waals surface area contributed by atoms with Gasteiger partial charge in [-0.3, -0.25) is 0 Å². The van der Waals surface area contributed by atoms with Crippen molar-refractivity contribution in [3.8, 4) is 5.88 Å². The third-order valence-corrected chi connectivity index (χ3v) is 3.97. The summed E-state index contributed by atoms with van der Waals surface area (Å²) in [5, 5.41) is 4.43. The Morgan fingerprint density at radius 1 is 1.42 bits per heavy atom. The molecular weight excluding hydrogens is 240 g/mol. The molecule has 0 aromatic carbocycles. The van der Waals surface area contributed by atoms with Gasteiger partial charge in [0.05, 0.1) is 12.3 Å². The van der Waals surface area contributed by atoms with Crippen molar-refractivity contribution in [1.29, 1.82) is 0 Å². The van der Waals surface area contributed by atoms with E-state index in [0.717, 1.165) is 12.1 Å². The third-order valence-electron chi connectivity index (χ3n) is 3.97. The molecule has 1 aromatic rings. The van der Waals surface area contributed by atoms with Gasteiger partial charge in [0.15, 0.2) is 0 Å². The number of hydrogen-bond donors (Lipinski definition) is 1. The Balaban J connectivity index is 1.92. The number of nitrogens with zero attached hydrogens (tertiary/aromatic N) is 3. The van der Waals surface area contributed by atoms with E-state index in [1.807, 2.05) is 7.05 Å². The van der Waals surface area contributed by atoms with E-state index in [2.05, 4.69) is 30.9 Å². The number of nitrogens with two attached hydrogens (primary N) is 1. The van der Waals surface area contributed by atoms with E-state index >= 15 is 0 Å². The first kappa shape index (κ1) is 14.2. The van der Waals surface area contributed by atoms with Crippen LogP contribution in [0.5, 0.6) is 5.88 Å². The van der Waals surface area contributed by atoms with Gasteiger partial charge in [0, 0.05) is 13.1 Å². The van der Waals surface area contributed by atoms with Crippen LogP contribution >= 0.6 is 0 Å². The molecule has 1 saturated heterocycles. The fourth-order valence-electron chi connectivity index (χ4n) is 2.78. The molecule has 1 atom stereocenters. The maximum atomic E-state index is 6.11. The van der Waals surface area contributed by atoms with Crippen LogP contribution in [0.25, 0.3) is 0 Å². The zero-order valence-corrected chi connectivity index (χ0v) is 12.5. The normalized spacial score (nSPS) is 20.4. The van der Waals surface area contributed by atoms with Gasteiger partial charge in [-0.05, 0) is 38.8 Å². The molecule has 0 radical (unpaired) electrons. The van der Waals surface area contributed by atoms with Crippen molar-refractivity contribution < 1.29 is 4.74 Å². The molecule has 1 unspecified atom stereocenters. The maximum Gasteiger partial charge on any atom is 0.235 e. The number of aryl methyl sites for hydroxylation is 1. The maximum absolute atomic E-state index is 6.11. The fourth-order valence-corrected chi connectivity index (χ4v) is 2.78. The number of nitrogen functional groups attached to an aromatic ring is 1. The fraction of sp³-hybridized carbons (Fsp3) is 0.786. The topological polar surface area (TPSA) is 56.3 Å². The zero-order chi connectivity index (χ0) is 14.0. The van der Waals surface area contributed by atoms with Crippen LogP contribution in [-0.4, -0.2) is 40.9 Å². The molecular formula is C14H26N4O. The lowest BCUT2D eigenvalue weighted by molar-refractivity contribution is 0.223. The van der Waals surface area contributed by atoms with Crippen LogP contribution in [0.4, 0.5) is 5.69 Å². The molecule has 2 heterocycles. The summed E-state index contributed by atoms with van der Waals surface area (Å²) >= 11 is 0. The molecule has 0 spiro atoms. The van der Waals surface area contributed by atoms with Gasteiger partial charge in [-0.15, -0.1) is 0 Å². The average molecular weight is 266 g/mol. The highest BCUT2D eigenvalue weighted by Crippen LogP contribution is 2.30. The molecule has 1 fully saturated rings. The first-order chi connectivity index (χ1) is 9.00. The molecule has 108 valence electrons. The van der Waals surface area contributed by atoms with E-state index in [9.17, 15) is 0 Å². The van der Waals surface area contributed by atoms with Gasteiger partial charge < -0.3 is 15.4 Å². The monoisotopic (exact) mass is 266 g/mol. The third kappa shape index (κ3) is 3.03.